The lowest BCUT2D eigenvalue weighted by Crippen LogP contribution is -2.62. The molecule has 14 nitrogen and oxygen atoms in total. The molecule has 0 rings (SSSR count). The van der Waals surface area contributed by atoms with Crippen LogP contribution in [0.1, 0.15) is 26.7 Å². The molecule has 0 saturated heterocycles. The van der Waals surface area contributed by atoms with Crippen LogP contribution in [0, 0.1) is 0 Å². The van der Waals surface area contributed by atoms with Crippen LogP contribution in [0.4, 0.5) is 0 Å². The maximum atomic E-state index is 10.3. The second kappa shape index (κ2) is 25.1. The summed E-state index contributed by atoms with van der Waals surface area (Å²) >= 11 is 0. The van der Waals surface area contributed by atoms with Crippen molar-refractivity contribution in [3.8, 4) is 0 Å². The van der Waals surface area contributed by atoms with Gasteiger partial charge in [-0.2, -0.15) is 0 Å². The Labute approximate surface area is 385 Å². The number of likely N-dealkylation sites (N-methyl/N-ethyl adjacent to an activating group) is 1. The molecular weight excluding hydrogens is 923 g/mol. The molecule has 0 aromatic heterocycles. The van der Waals surface area contributed by atoms with Gasteiger partial charge in [-0.05, 0) is 193 Å². The number of nitrogens with two attached hydrogens (primary N) is 1. The Morgan fingerprint density at radius 3 is 1.20 bits per heavy atom. The molecule has 3 atom stereocenters. The number of aliphatic hydroxyl groups is 1. The molecule has 61 heavy (non-hydrogen) atoms. The number of rotatable bonds is 33. The van der Waals surface area contributed by atoms with E-state index in [0.717, 1.165) is 61.2 Å². The van der Waals surface area contributed by atoms with Crippen LogP contribution >= 0.6 is 0 Å². The van der Waals surface area contributed by atoms with Crippen molar-refractivity contribution in [1.29, 1.82) is 0 Å². The highest BCUT2D eigenvalue weighted by Crippen LogP contribution is 2.33. The third-order valence-electron chi connectivity index (χ3n) is 8.46. The van der Waals surface area contributed by atoms with Gasteiger partial charge in [0.1, 0.15) is 12.6 Å². The number of aliphatic hydroxyl groups excluding tert-OH is 1. The predicted molar refractivity (Wildman–Crippen MR) is 279 cm³/mol. The van der Waals surface area contributed by atoms with Gasteiger partial charge in [0.2, 0.25) is 0 Å². The van der Waals surface area contributed by atoms with E-state index in [1.165, 1.54) is 5.57 Å². The van der Waals surface area contributed by atoms with E-state index in [4.69, 9.17) is 38.7 Å². The molecule has 0 heterocycles. The van der Waals surface area contributed by atoms with E-state index in [0.29, 0.717) is 13.1 Å². The Morgan fingerprint density at radius 2 is 0.869 bits per heavy atom. The number of hydrogen-bond donors (Lipinski definition) is 5. The largest absolute Gasteiger partial charge is 0.437 e. The lowest BCUT2D eigenvalue weighted by atomic mass is 10.3. The van der Waals surface area contributed by atoms with Crippen molar-refractivity contribution in [2.24, 2.45) is 5.73 Å². The van der Waals surface area contributed by atoms with Crippen LogP contribution < -0.4 is 21.7 Å². The Bertz CT molecular complexity index is 1360. The van der Waals surface area contributed by atoms with Crippen molar-refractivity contribution >= 4 is 76.6 Å². The molecule has 0 aromatic rings. The lowest BCUT2D eigenvalue weighted by Gasteiger charge is -2.45. The van der Waals surface area contributed by atoms with Gasteiger partial charge in [0.05, 0.1) is 21.1 Å². The van der Waals surface area contributed by atoms with E-state index in [9.17, 15) is 5.11 Å². The average Bonchev–Trinajstić information content (AvgIpc) is 2.94. The number of nitrogens with zero attached hydrogens (tertiary/aromatic N) is 1. The van der Waals surface area contributed by atoms with Crippen molar-refractivity contribution < 1.29 is 42.5 Å². The van der Waals surface area contributed by atoms with Gasteiger partial charge in [0, 0.05) is 19.6 Å². The first-order valence-electron chi connectivity index (χ1n) is 22.4. The summed E-state index contributed by atoms with van der Waals surface area (Å²) in [6.45, 7) is 47.4. The second-order valence-electron chi connectivity index (χ2n) is 22.4. The summed E-state index contributed by atoms with van der Waals surface area (Å²) in [6.07, 6.45) is 5.04. The summed E-state index contributed by atoms with van der Waals surface area (Å²) < 4.78 is 56.7. The van der Waals surface area contributed by atoms with E-state index in [1.54, 1.807) is 6.20 Å². The van der Waals surface area contributed by atoms with E-state index in [2.05, 4.69) is 162 Å². The highest BCUT2D eigenvalue weighted by Gasteiger charge is 2.51. The van der Waals surface area contributed by atoms with Gasteiger partial charge in [0.25, 0.3) is 0 Å². The molecule has 0 aliphatic rings. The van der Waals surface area contributed by atoms with Crippen molar-refractivity contribution in [3.05, 3.63) is 23.5 Å². The van der Waals surface area contributed by atoms with Crippen molar-refractivity contribution in [3.63, 3.8) is 0 Å². The zero-order valence-electron chi connectivity index (χ0n) is 43.5. The Hall–Kier alpha value is 0.552. The van der Waals surface area contributed by atoms with Crippen LogP contribution in [0.25, 0.3) is 0 Å². The minimum atomic E-state index is -2.82. The van der Waals surface area contributed by atoms with E-state index in [1.807, 2.05) is 13.1 Å². The van der Waals surface area contributed by atoms with Gasteiger partial charge in [-0.1, -0.05) is 0 Å². The van der Waals surface area contributed by atoms with Crippen LogP contribution in [0.15, 0.2) is 23.5 Å². The van der Waals surface area contributed by atoms with Gasteiger partial charge in [-0.3, -0.25) is 0 Å². The summed E-state index contributed by atoms with van der Waals surface area (Å²) in [5.74, 6) is 0. The number of quaternary nitrogens is 1. The summed E-state index contributed by atoms with van der Waals surface area (Å²) in [6, 6.07) is 1.61. The summed E-state index contributed by atoms with van der Waals surface area (Å²) in [5, 5.41) is 20.7. The molecule has 6 N–H and O–H groups in total. The first kappa shape index (κ1) is 61.6. The fourth-order valence-electron chi connectivity index (χ4n) is 7.90. The van der Waals surface area contributed by atoms with Crippen LogP contribution in [0.3, 0.4) is 0 Å². The molecule has 3 unspecified atom stereocenters. The molecule has 0 spiro atoms. The lowest BCUT2D eigenvalue weighted by molar-refractivity contribution is -0.873. The van der Waals surface area contributed by atoms with Crippen LogP contribution in [0.2, 0.25) is 130 Å². The summed E-state index contributed by atoms with van der Waals surface area (Å²) in [4.78, 5) is 0. The molecule has 0 aromatic carbocycles. The van der Waals surface area contributed by atoms with Crippen LogP contribution in [-0.4, -0.2) is 153 Å². The highest BCUT2D eigenvalue weighted by atomic mass is 28.5. The Balaban J connectivity index is 6.03. The third-order valence-corrected chi connectivity index (χ3v) is 42.4. The zero-order chi connectivity index (χ0) is 48.0. The van der Waals surface area contributed by atoms with Gasteiger partial charge in [0.15, 0.2) is 16.6 Å². The van der Waals surface area contributed by atoms with E-state index < -0.39 is 82.7 Å². The molecule has 0 aliphatic heterocycles. The van der Waals surface area contributed by atoms with Crippen LogP contribution in [0.5, 0.6) is 0 Å². The van der Waals surface area contributed by atoms with Crippen molar-refractivity contribution in [2.75, 3.05) is 60.4 Å². The van der Waals surface area contributed by atoms with Gasteiger partial charge < -0.3 is 64.2 Å². The first-order chi connectivity index (χ1) is 27.1. The zero-order valence-corrected chi connectivity index (χ0v) is 52.5. The van der Waals surface area contributed by atoms with Gasteiger partial charge >= 0.3 is 59.9 Å². The molecule has 0 aliphatic carbocycles. The second-order valence-corrected chi connectivity index (χ2v) is 56.9. The summed E-state index contributed by atoms with van der Waals surface area (Å²) in [7, 11) is -16.5. The molecule has 0 radical (unpaired) electrons. The molecule has 0 saturated carbocycles. The maximum absolute atomic E-state index is 10.3. The standard InChI is InChI=1S/C38H98N5O9Si9/c1-36(30-39)31-40-26-24-28-60(22,49-55(12,13)45-53(6,7)8)51-58(18,19)47-57(16,17)48-59(20,21)52-61(23,50-56(14,15)46-54(9,10)11)29-25-27-41-32-37(2)33-42-34-38(44)35-43(3,4)5/h30,33,38,40-42,44H,24-29,31-32,34-35,39H2,1-23H3/q+1. The molecule has 23 heteroatoms. The molecule has 0 amide bonds. The fourth-order valence-corrected chi connectivity index (χ4v) is 52.9. The maximum Gasteiger partial charge on any atom is 0.317 e. The van der Waals surface area contributed by atoms with E-state index in [-0.39, 0.29) is 0 Å². The normalized spacial score (nSPS) is 17.3. The number of nitrogens with one attached hydrogen (secondary N) is 3. The quantitative estimate of drug-likeness (QED) is 0.0247. The van der Waals surface area contributed by atoms with Crippen molar-refractivity contribution in [2.45, 2.75) is 163 Å². The number of hydrogen-bond acceptors (Lipinski definition) is 13. The van der Waals surface area contributed by atoms with E-state index >= 15 is 0 Å². The van der Waals surface area contributed by atoms with Crippen molar-refractivity contribution in [1.82, 2.24) is 16.0 Å². The Morgan fingerprint density at radius 1 is 0.541 bits per heavy atom. The monoisotopic (exact) mass is 1020 g/mol. The van der Waals surface area contributed by atoms with Gasteiger partial charge in [-0.25, -0.2) is 0 Å². The smallest absolute Gasteiger partial charge is 0.317 e. The fraction of sp³-hybridized carbons (Fsp3) is 0.895. The minimum absolute atomic E-state index is 0.403. The van der Waals surface area contributed by atoms with Crippen LogP contribution in [-0.2, 0) is 32.9 Å². The molecule has 364 valence electrons. The first-order valence-corrected chi connectivity index (χ1v) is 48.3. The third kappa shape index (κ3) is 32.8. The molecule has 0 fully saturated rings. The average molecular weight is 1020 g/mol. The topological polar surface area (TPSA) is 156 Å². The summed E-state index contributed by atoms with van der Waals surface area (Å²) in [5.41, 5.74) is 7.98. The molecular formula is C38H98N5O9Si9+. The molecule has 0 bridgehead atoms. The predicted octanol–water partition coefficient (Wildman–Crippen LogP) is 7.82. The minimum Gasteiger partial charge on any atom is -0.437 e. The Kier molecular flexibility index (Phi) is 25.3. The SMILES string of the molecule is CC(=CN)CNCCC[Si](C)(O[Si](C)(C)O[Si](C)(C)C)O[Si](C)(C)O[Si](C)(C)O[Si](C)(C)O[Si](C)(CCCNCC(C)=CNCC(O)C[N+](C)(C)C)O[Si](C)(C)O[Si](C)(C)C. The highest BCUT2D eigenvalue weighted by molar-refractivity contribution is 6.93. The van der Waals surface area contributed by atoms with Gasteiger partial charge in [-0.15, -0.1) is 0 Å².